The lowest BCUT2D eigenvalue weighted by molar-refractivity contribution is -0.148. The van der Waals surface area contributed by atoms with Gasteiger partial charge in [0.1, 0.15) is 12.6 Å². The topological polar surface area (TPSA) is 55.8 Å². The van der Waals surface area contributed by atoms with Crippen molar-refractivity contribution < 1.29 is 19.1 Å². The van der Waals surface area contributed by atoms with Crippen LogP contribution >= 0.6 is 11.6 Å². The molecule has 1 unspecified atom stereocenters. The van der Waals surface area contributed by atoms with Crippen LogP contribution in [0.15, 0.2) is 0 Å². The van der Waals surface area contributed by atoms with E-state index in [9.17, 15) is 9.59 Å². The molecule has 122 valence electrons. The Labute approximate surface area is 131 Å². The summed E-state index contributed by atoms with van der Waals surface area (Å²) < 4.78 is 10.2. The number of rotatable bonds is 9. The monoisotopic (exact) mass is 319 g/mol. The Balaban J connectivity index is 2.26. The Morgan fingerprint density at radius 2 is 1.90 bits per heavy atom. The third kappa shape index (κ3) is 6.55. The van der Waals surface area contributed by atoms with Crippen LogP contribution in [0.1, 0.15) is 51.9 Å². The maximum absolute atomic E-state index is 12.0. The van der Waals surface area contributed by atoms with E-state index in [1.54, 1.807) is 0 Å². The second kappa shape index (κ2) is 10.7. The summed E-state index contributed by atoms with van der Waals surface area (Å²) in [6.45, 7) is 3.30. The van der Waals surface area contributed by atoms with E-state index in [-0.39, 0.29) is 18.5 Å². The maximum Gasteiger partial charge on any atom is 0.410 e. The predicted molar refractivity (Wildman–Crippen MR) is 81.5 cm³/mol. The summed E-state index contributed by atoms with van der Waals surface area (Å²) in [6.07, 6.45) is 6.52. The fourth-order valence-electron chi connectivity index (χ4n) is 2.41. The molecule has 0 aliphatic carbocycles. The fraction of sp³-hybridized carbons (Fsp3) is 0.867. The second-order valence-corrected chi connectivity index (χ2v) is 5.61. The van der Waals surface area contributed by atoms with E-state index in [2.05, 4.69) is 6.92 Å². The lowest BCUT2D eigenvalue weighted by atomic mass is 10.2. The molecule has 1 amide bonds. The molecule has 0 spiro atoms. The average Bonchev–Trinajstić information content (AvgIpc) is 2.97. The SMILES string of the molecule is CCCCCCCOC(=O)C1CCCN1C(=O)OCCCl. The highest BCUT2D eigenvalue weighted by Crippen LogP contribution is 2.19. The zero-order valence-corrected chi connectivity index (χ0v) is 13.6. The van der Waals surface area contributed by atoms with E-state index in [1.165, 1.54) is 24.2 Å². The number of ether oxygens (including phenoxy) is 2. The van der Waals surface area contributed by atoms with Gasteiger partial charge in [0, 0.05) is 6.54 Å². The molecule has 1 heterocycles. The zero-order valence-electron chi connectivity index (χ0n) is 12.8. The summed E-state index contributed by atoms with van der Waals surface area (Å²) in [5.74, 6) is -0.0577. The van der Waals surface area contributed by atoms with Crippen LogP contribution in [0.2, 0.25) is 0 Å². The maximum atomic E-state index is 12.0. The Morgan fingerprint density at radius 3 is 2.62 bits per heavy atom. The molecule has 1 aliphatic rings. The number of alkyl halides is 1. The van der Waals surface area contributed by atoms with Gasteiger partial charge in [-0.3, -0.25) is 4.90 Å². The molecule has 1 aliphatic heterocycles. The molecule has 1 fully saturated rings. The molecular weight excluding hydrogens is 294 g/mol. The summed E-state index contributed by atoms with van der Waals surface area (Å²) in [6, 6.07) is -0.497. The van der Waals surface area contributed by atoms with Crippen LogP contribution in [0.4, 0.5) is 4.79 Å². The largest absolute Gasteiger partial charge is 0.464 e. The molecule has 0 aromatic heterocycles. The van der Waals surface area contributed by atoms with Crippen molar-refractivity contribution in [1.29, 1.82) is 0 Å². The number of unbranched alkanes of at least 4 members (excludes halogenated alkanes) is 4. The van der Waals surface area contributed by atoms with Crippen LogP contribution in [-0.4, -0.2) is 48.6 Å². The van der Waals surface area contributed by atoms with Gasteiger partial charge in [0.05, 0.1) is 12.5 Å². The molecule has 1 atom stereocenters. The first-order chi connectivity index (χ1) is 10.2. The Bertz CT molecular complexity index is 325. The van der Waals surface area contributed by atoms with Gasteiger partial charge in [-0.1, -0.05) is 32.6 Å². The van der Waals surface area contributed by atoms with Crippen molar-refractivity contribution in [2.75, 3.05) is 25.6 Å². The van der Waals surface area contributed by atoms with E-state index in [0.717, 1.165) is 19.3 Å². The number of hydrogen-bond acceptors (Lipinski definition) is 4. The van der Waals surface area contributed by atoms with Crippen molar-refractivity contribution >= 4 is 23.7 Å². The summed E-state index contributed by atoms with van der Waals surface area (Å²) in [4.78, 5) is 25.3. The Hall–Kier alpha value is -0.970. The van der Waals surface area contributed by atoms with E-state index in [4.69, 9.17) is 21.1 Å². The molecule has 1 saturated heterocycles. The van der Waals surface area contributed by atoms with Gasteiger partial charge in [-0.25, -0.2) is 9.59 Å². The minimum absolute atomic E-state index is 0.163. The molecule has 0 N–H and O–H groups in total. The number of amides is 1. The van der Waals surface area contributed by atoms with Crippen LogP contribution in [0.5, 0.6) is 0 Å². The van der Waals surface area contributed by atoms with Crippen molar-refractivity contribution in [2.24, 2.45) is 0 Å². The number of carbonyl (C=O) groups is 2. The van der Waals surface area contributed by atoms with Crippen molar-refractivity contribution in [3.05, 3.63) is 0 Å². The van der Waals surface area contributed by atoms with Crippen molar-refractivity contribution in [2.45, 2.75) is 57.9 Å². The first kappa shape index (κ1) is 18.1. The van der Waals surface area contributed by atoms with Gasteiger partial charge in [-0.15, -0.1) is 11.6 Å². The van der Waals surface area contributed by atoms with Crippen LogP contribution in [0.3, 0.4) is 0 Å². The lowest BCUT2D eigenvalue weighted by Gasteiger charge is -2.22. The second-order valence-electron chi connectivity index (χ2n) is 5.24. The predicted octanol–water partition coefficient (Wildman–Crippen LogP) is 3.34. The van der Waals surface area contributed by atoms with Gasteiger partial charge in [-0.2, -0.15) is 0 Å². The van der Waals surface area contributed by atoms with Gasteiger partial charge in [0.25, 0.3) is 0 Å². The first-order valence-corrected chi connectivity index (χ1v) is 8.40. The van der Waals surface area contributed by atoms with Gasteiger partial charge in [0.15, 0.2) is 0 Å². The molecule has 21 heavy (non-hydrogen) atoms. The number of likely N-dealkylation sites (tertiary alicyclic amines) is 1. The van der Waals surface area contributed by atoms with E-state index in [0.29, 0.717) is 19.6 Å². The number of carbonyl (C=O) groups excluding carboxylic acids is 2. The quantitative estimate of drug-likeness (QED) is 0.371. The molecule has 0 radical (unpaired) electrons. The van der Waals surface area contributed by atoms with Crippen molar-refractivity contribution in [3.8, 4) is 0 Å². The van der Waals surface area contributed by atoms with Crippen LogP contribution in [0, 0.1) is 0 Å². The third-order valence-electron chi connectivity index (χ3n) is 3.55. The van der Waals surface area contributed by atoms with E-state index in [1.807, 2.05) is 0 Å². The normalized spacial score (nSPS) is 17.8. The first-order valence-electron chi connectivity index (χ1n) is 7.86. The number of nitrogens with zero attached hydrogens (tertiary/aromatic N) is 1. The fourth-order valence-corrected chi connectivity index (χ4v) is 2.49. The highest BCUT2D eigenvalue weighted by Gasteiger charge is 2.36. The van der Waals surface area contributed by atoms with E-state index < -0.39 is 12.1 Å². The molecular formula is C15H26ClNO4. The molecule has 6 heteroatoms. The molecule has 0 aromatic carbocycles. The van der Waals surface area contributed by atoms with Gasteiger partial charge in [-0.05, 0) is 19.3 Å². The molecule has 0 saturated carbocycles. The number of esters is 1. The molecule has 1 rings (SSSR count). The molecule has 0 aromatic rings. The summed E-state index contributed by atoms with van der Waals surface area (Å²) in [7, 11) is 0. The zero-order chi connectivity index (χ0) is 15.5. The summed E-state index contributed by atoms with van der Waals surface area (Å²) in [5, 5.41) is 0. The minimum atomic E-state index is -0.497. The van der Waals surface area contributed by atoms with Crippen LogP contribution < -0.4 is 0 Å². The molecule has 5 nitrogen and oxygen atoms in total. The van der Waals surface area contributed by atoms with Gasteiger partial charge >= 0.3 is 12.1 Å². The average molecular weight is 320 g/mol. The standard InChI is InChI=1S/C15H26ClNO4/c1-2-3-4-5-6-11-20-14(18)13-8-7-10-17(13)15(19)21-12-9-16/h13H,2-12H2,1H3. The Morgan fingerprint density at radius 1 is 1.14 bits per heavy atom. The smallest absolute Gasteiger partial charge is 0.410 e. The van der Waals surface area contributed by atoms with Crippen LogP contribution in [0.25, 0.3) is 0 Å². The van der Waals surface area contributed by atoms with Gasteiger partial charge < -0.3 is 9.47 Å². The van der Waals surface area contributed by atoms with Crippen molar-refractivity contribution in [3.63, 3.8) is 0 Å². The highest BCUT2D eigenvalue weighted by atomic mass is 35.5. The minimum Gasteiger partial charge on any atom is -0.464 e. The van der Waals surface area contributed by atoms with Crippen LogP contribution in [-0.2, 0) is 14.3 Å². The van der Waals surface area contributed by atoms with E-state index >= 15 is 0 Å². The molecule has 0 bridgehead atoms. The van der Waals surface area contributed by atoms with Crippen molar-refractivity contribution in [1.82, 2.24) is 4.90 Å². The number of hydrogen-bond donors (Lipinski definition) is 0. The summed E-state index contributed by atoms with van der Waals surface area (Å²) in [5.41, 5.74) is 0. The Kier molecular flexibility index (Phi) is 9.22. The third-order valence-corrected chi connectivity index (χ3v) is 3.71. The van der Waals surface area contributed by atoms with Gasteiger partial charge in [0.2, 0.25) is 0 Å². The summed E-state index contributed by atoms with van der Waals surface area (Å²) >= 11 is 5.48. The number of halogens is 1. The highest BCUT2D eigenvalue weighted by molar-refractivity contribution is 6.18. The lowest BCUT2D eigenvalue weighted by Crippen LogP contribution is -2.42.